The third kappa shape index (κ3) is 4.50. The van der Waals surface area contributed by atoms with Gasteiger partial charge < -0.3 is 10.2 Å². The number of thioether (sulfide) groups is 1. The summed E-state index contributed by atoms with van der Waals surface area (Å²) in [6, 6.07) is 0. The van der Waals surface area contributed by atoms with E-state index in [1.54, 1.807) is 11.4 Å². The van der Waals surface area contributed by atoms with E-state index in [4.69, 9.17) is 0 Å². The molecule has 2 heterocycles. The normalized spacial score (nSPS) is 26.0. The van der Waals surface area contributed by atoms with Crippen molar-refractivity contribution in [3.8, 4) is 0 Å². The molecule has 21 heavy (non-hydrogen) atoms. The standard InChI is InChI=1S/C13H26N4O2S2/c1-13(2)11-16(8-9-20-13)12(14-3)15-5-7-17-6-4-10-21(17,18)19/h4-11H2,1-3H3,(H,14,15). The molecule has 0 bridgehead atoms. The highest BCUT2D eigenvalue weighted by Crippen LogP contribution is 2.29. The van der Waals surface area contributed by atoms with E-state index < -0.39 is 10.0 Å². The van der Waals surface area contributed by atoms with Crippen LogP contribution in [-0.2, 0) is 10.0 Å². The molecule has 0 aromatic rings. The maximum Gasteiger partial charge on any atom is 0.214 e. The summed E-state index contributed by atoms with van der Waals surface area (Å²) >= 11 is 1.98. The second-order valence-electron chi connectivity index (χ2n) is 6.07. The van der Waals surface area contributed by atoms with Crippen molar-refractivity contribution >= 4 is 27.7 Å². The summed E-state index contributed by atoms with van der Waals surface area (Å²) in [5.74, 6) is 2.26. The number of nitrogens with one attached hydrogen (secondary N) is 1. The first kappa shape index (κ1) is 16.9. The van der Waals surface area contributed by atoms with Crippen LogP contribution in [0.1, 0.15) is 20.3 Å². The van der Waals surface area contributed by atoms with Gasteiger partial charge in [0.25, 0.3) is 0 Å². The lowest BCUT2D eigenvalue weighted by Gasteiger charge is -2.39. The SMILES string of the molecule is CN=C(NCCN1CCCS1(=O)=O)N1CCSC(C)(C)C1. The number of nitrogens with zero attached hydrogens (tertiary/aromatic N) is 3. The van der Waals surface area contributed by atoms with Crippen molar-refractivity contribution in [2.24, 2.45) is 4.99 Å². The predicted octanol–water partition coefficient (Wildman–Crippen LogP) is 0.425. The van der Waals surface area contributed by atoms with Gasteiger partial charge in [-0.15, -0.1) is 0 Å². The molecule has 2 rings (SSSR count). The smallest absolute Gasteiger partial charge is 0.214 e. The fourth-order valence-corrected chi connectivity index (χ4v) is 5.40. The Kier molecular flexibility index (Phi) is 5.43. The summed E-state index contributed by atoms with van der Waals surface area (Å²) in [6.45, 7) is 8.20. The van der Waals surface area contributed by atoms with Crippen molar-refractivity contribution in [2.75, 3.05) is 51.3 Å². The molecule has 2 aliphatic rings. The van der Waals surface area contributed by atoms with Crippen LogP contribution >= 0.6 is 11.8 Å². The minimum absolute atomic E-state index is 0.230. The molecule has 1 N–H and O–H groups in total. The molecule has 8 heteroatoms. The number of hydrogen-bond donors (Lipinski definition) is 1. The predicted molar refractivity (Wildman–Crippen MR) is 89.4 cm³/mol. The summed E-state index contributed by atoms with van der Waals surface area (Å²) in [7, 11) is -1.22. The average molecular weight is 335 g/mol. The maximum atomic E-state index is 11.7. The summed E-state index contributed by atoms with van der Waals surface area (Å²) in [6.07, 6.45) is 0.745. The van der Waals surface area contributed by atoms with E-state index in [0.29, 0.717) is 25.4 Å². The van der Waals surface area contributed by atoms with Crippen LogP contribution in [0.5, 0.6) is 0 Å². The Hall–Kier alpha value is -0.470. The molecule has 0 unspecified atom stereocenters. The number of hydrogen-bond acceptors (Lipinski definition) is 4. The highest BCUT2D eigenvalue weighted by Gasteiger charge is 2.30. The number of sulfonamides is 1. The van der Waals surface area contributed by atoms with Crippen LogP contribution in [0.4, 0.5) is 0 Å². The Morgan fingerprint density at radius 1 is 1.38 bits per heavy atom. The first-order valence-corrected chi connectivity index (χ1v) is 10.0. The van der Waals surface area contributed by atoms with E-state index in [0.717, 1.165) is 31.2 Å². The monoisotopic (exact) mass is 334 g/mol. The number of guanidine groups is 1. The van der Waals surface area contributed by atoms with Gasteiger partial charge >= 0.3 is 0 Å². The van der Waals surface area contributed by atoms with Crippen molar-refractivity contribution in [1.82, 2.24) is 14.5 Å². The zero-order valence-corrected chi connectivity index (χ0v) is 14.8. The average Bonchev–Trinajstić information content (AvgIpc) is 2.72. The van der Waals surface area contributed by atoms with Crippen LogP contribution in [0.15, 0.2) is 4.99 Å². The van der Waals surface area contributed by atoms with Gasteiger partial charge in [-0.3, -0.25) is 4.99 Å². The first-order chi connectivity index (χ1) is 9.84. The minimum Gasteiger partial charge on any atom is -0.355 e. The lowest BCUT2D eigenvalue weighted by molar-refractivity contribution is 0.372. The van der Waals surface area contributed by atoms with Gasteiger partial charge in [0.2, 0.25) is 10.0 Å². The van der Waals surface area contributed by atoms with Gasteiger partial charge in [0, 0.05) is 50.3 Å². The molecular weight excluding hydrogens is 308 g/mol. The molecule has 2 fully saturated rings. The van der Waals surface area contributed by atoms with Crippen LogP contribution in [0.25, 0.3) is 0 Å². The van der Waals surface area contributed by atoms with Gasteiger partial charge in [0.05, 0.1) is 5.75 Å². The van der Waals surface area contributed by atoms with Gasteiger partial charge in [-0.1, -0.05) is 0 Å². The van der Waals surface area contributed by atoms with Crippen LogP contribution in [0.2, 0.25) is 0 Å². The van der Waals surface area contributed by atoms with E-state index in [2.05, 4.69) is 29.1 Å². The fourth-order valence-electron chi connectivity index (χ4n) is 2.76. The quantitative estimate of drug-likeness (QED) is 0.599. The number of aliphatic imine (C=N–C) groups is 1. The Morgan fingerprint density at radius 3 is 2.71 bits per heavy atom. The van der Waals surface area contributed by atoms with Gasteiger partial charge in [-0.05, 0) is 20.3 Å². The zero-order valence-electron chi connectivity index (χ0n) is 13.1. The molecule has 0 atom stereocenters. The van der Waals surface area contributed by atoms with Crippen LogP contribution in [0.3, 0.4) is 0 Å². The van der Waals surface area contributed by atoms with Gasteiger partial charge in [0.1, 0.15) is 0 Å². The lowest BCUT2D eigenvalue weighted by atomic mass is 10.2. The first-order valence-electron chi connectivity index (χ1n) is 7.41. The molecule has 0 saturated carbocycles. The van der Waals surface area contributed by atoms with E-state index in [1.807, 2.05) is 11.8 Å². The van der Waals surface area contributed by atoms with Crippen molar-refractivity contribution in [2.45, 2.75) is 25.0 Å². The van der Waals surface area contributed by atoms with E-state index in [-0.39, 0.29) is 4.75 Å². The summed E-state index contributed by atoms with van der Waals surface area (Å²) < 4.78 is 25.3. The highest BCUT2D eigenvalue weighted by molar-refractivity contribution is 8.00. The van der Waals surface area contributed by atoms with E-state index in [9.17, 15) is 8.42 Å². The van der Waals surface area contributed by atoms with E-state index >= 15 is 0 Å². The Morgan fingerprint density at radius 2 is 2.14 bits per heavy atom. The third-order valence-corrected chi connectivity index (χ3v) is 7.04. The molecule has 2 saturated heterocycles. The van der Waals surface area contributed by atoms with Crippen LogP contribution in [-0.4, -0.2) is 79.6 Å². The topological polar surface area (TPSA) is 65.0 Å². The largest absolute Gasteiger partial charge is 0.355 e. The van der Waals surface area contributed by atoms with E-state index in [1.165, 1.54) is 0 Å². The Balaban J connectivity index is 1.83. The summed E-state index contributed by atoms with van der Waals surface area (Å²) in [5, 5.41) is 3.30. The summed E-state index contributed by atoms with van der Waals surface area (Å²) in [4.78, 5) is 6.59. The summed E-state index contributed by atoms with van der Waals surface area (Å²) in [5.41, 5.74) is 0. The van der Waals surface area contributed by atoms with Crippen LogP contribution in [0, 0.1) is 0 Å². The van der Waals surface area contributed by atoms with Crippen molar-refractivity contribution in [1.29, 1.82) is 0 Å². The van der Waals surface area contributed by atoms with Gasteiger partial charge in [0.15, 0.2) is 5.96 Å². The third-order valence-electron chi connectivity index (χ3n) is 3.78. The molecule has 2 aliphatic heterocycles. The van der Waals surface area contributed by atoms with Crippen molar-refractivity contribution in [3.05, 3.63) is 0 Å². The maximum absolute atomic E-state index is 11.7. The Labute approximate surface area is 132 Å². The molecule has 0 aromatic heterocycles. The zero-order chi connectivity index (χ0) is 15.5. The molecular formula is C13H26N4O2S2. The van der Waals surface area contributed by atoms with Crippen molar-refractivity contribution < 1.29 is 8.42 Å². The molecule has 6 nitrogen and oxygen atoms in total. The molecule has 0 spiro atoms. The second-order valence-corrected chi connectivity index (χ2v) is 9.96. The second kappa shape index (κ2) is 6.75. The highest BCUT2D eigenvalue weighted by atomic mass is 32.2. The minimum atomic E-state index is -3.00. The number of rotatable bonds is 3. The van der Waals surface area contributed by atoms with Gasteiger partial charge in [-0.2, -0.15) is 11.8 Å². The Bertz CT molecular complexity index is 490. The fraction of sp³-hybridized carbons (Fsp3) is 0.923. The molecule has 0 aliphatic carbocycles. The molecule has 0 amide bonds. The van der Waals surface area contributed by atoms with Gasteiger partial charge in [-0.25, -0.2) is 12.7 Å². The molecule has 0 radical (unpaired) electrons. The van der Waals surface area contributed by atoms with Crippen LogP contribution < -0.4 is 5.32 Å². The molecule has 0 aromatic carbocycles. The van der Waals surface area contributed by atoms with Crippen molar-refractivity contribution in [3.63, 3.8) is 0 Å². The molecule has 122 valence electrons. The lowest BCUT2D eigenvalue weighted by Crippen LogP contribution is -2.51.